The summed E-state index contributed by atoms with van der Waals surface area (Å²) in [5.74, 6) is -0.196. The van der Waals surface area contributed by atoms with E-state index >= 15 is 0 Å². The summed E-state index contributed by atoms with van der Waals surface area (Å²) in [5.41, 5.74) is 10.2. The van der Waals surface area contributed by atoms with Crippen molar-refractivity contribution < 1.29 is 18.7 Å². The second kappa shape index (κ2) is 9.84. The van der Waals surface area contributed by atoms with Gasteiger partial charge in [-0.1, -0.05) is 0 Å². The number of anilines is 1. The number of ether oxygens (including phenoxy) is 1. The fraction of sp³-hybridized carbons (Fsp3) is 0.185. The Bertz CT molecular complexity index is 1530. The van der Waals surface area contributed by atoms with Crippen LogP contribution < -0.4 is 26.2 Å². The van der Waals surface area contributed by atoms with Crippen molar-refractivity contribution >= 4 is 41.1 Å². The minimum absolute atomic E-state index is 0.247. The van der Waals surface area contributed by atoms with Crippen molar-refractivity contribution in [1.82, 2.24) is 15.3 Å². The molecule has 0 unspecified atom stereocenters. The second-order valence-corrected chi connectivity index (χ2v) is 13.0. The number of amides is 2. The van der Waals surface area contributed by atoms with Crippen molar-refractivity contribution in [3.8, 4) is 17.0 Å². The summed E-state index contributed by atoms with van der Waals surface area (Å²) in [7, 11) is -2.29. The third-order valence-corrected chi connectivity index (χ3v) is 8.57. The van der Waals surface area contributed by atoms with Gasteiger partial charge < -0.3 is 0 Å². The van der Waals surface area contributed by atoms with Gasteiger partial charge in [-0.2, -0.15) is 0 Å². The number of rotatable bonds is 6. The van der Waals surface area contributed by atoms with Gasteiger partial charge in [0.15, 0.2) is 0 Å². The minimum atomic E-state index is -2.29. The first-order chi connectivity index (χ1) is 17.7. The predicted octanol–water partition coefficient (Wildman–Crippen LogP) is 3.60. The average molecular weight is 520 g/mol. The first-order valence-corrected chi connectivity index (χ1v) is 14.7. The average Bonchev–Trinajstić information content (AvgIpc) is 3.18. The molecule has 37 heavy (non-hydrogen) atoms. The van der Waals surface area contributed by atoms with Crippen molar-refractivity contribution in [2.75, 3.05) is 24.9 Å². The van der Waals surface area contributed by atoms with Gasteiger partial charge in [0.05, 0.1) is 0 Å². The number of nitrogens with two attached hydrogens (primary N) is 1. The number of hydrogen-bond donors (Lipinski definition) is 3. The molecule has 0 bridgehead atoms. The molecule has 5 rings (SSSR count). The molecule has 0 saturated carbocycles. The van der Waals surface area contributed by atoms with Crippen LogP contribution in [0.5, 0.6) is 5.75 Å². The van der Waals surface area contributed by atoms with Gasteiger partial charge >= 0.3 is 196 Å². The molecule has 1 aliphatic rings. The van der Waals surface area contributed by atoms with E-state index in [0.29, 0.717) is 47.5 Å². The molecule has 10 heteroatoms. The van der Waals surface area contributed by atoms with Crippen molar-refractivity contribution in [3.05, 3.63) is 77.9 Å². The van der Waals surface area contributed by atoms with Gasteiger partial charge in [-0.05, 0) is 0 Å². The van der Waals surface area contributed by atoms with E-state index in [4.69, 9.17) is 15.2 Å². The van der Waals surface area contributed by atoms with Crippen molar-refractivity contribution in [2.24, 2.45) is 5.50 Å². The first kappa shape index (κ1) is 24.7. The number of pyridine rings is 2. The molecule has 4 N–H and O–H groups in total. The Kier molecular flexibility index (Phi) is 6.58. The fourth-order valence-corrected chi connectivity index (χ4v) is 6.21. The molecule has 0 fully saturated rings. The Morgan fingerprint density at radius 3 is 2.70 bits per heavy atom. The van der Waals surface area contributed by atoms with Gasteiger partial charge in [0, 0.05) is 13.1 Å². The number of carbonyl (C=O) groups excluding carboxylic acids is 2. The van der Waals surface area contributed by atoms with Gasteiger partial charge in [-0.25, -0.2) is 0 Å². The van der Waals surface area contributed by atoms with Gasteiger partial charge in [0.1, 0.15) is 0 Å². The quantitative estimate of drug-likeness (QED) is 0.335. The van der Waals surface area contributed by atoms with Gasteiger partial charge in [0.2, 0.25) is 0 Å². The van der Waals surface area contributed by atoms with Gasteiger partial charge in [0.25, 0.3) is 0 Å². The molecule has 8 nitrogen and oxygen atoms in total. The Labute approximate surface area is 213 Å². The van der Waals surface area contributed by atoms with E-state index in [1.165, 1.54) is 19.1 Å². The number of nitrogens with one attached hydrogen (secondary N) is 2. The van der Waals surface area contributed by atoms with Crippen molar-refractivity contribution in [3.63, 3.8) is 0 Å². The summed E-state index contributed by atoms with van der Waals surface area (Å²) in [6, 6.07) is 15.1. The van der Waals surface area contributed by atoms with Crippen LogP contribution in [-0.2, 0) is 11.2 Å². The van der Waals surface area contributed by atoms with Crippen LogP contribution in [0, 0.1) is 5.82 Å². The topological polar surface area (TPSA) is 119 Å². The molecule has 3 heterocycles. The second-order valence-electron chi connectivity index (χ2n) is 9.34. The van der Waals surface area contributed by atoms with Crippen LogP contribution in [0.15, 0.2) is 60.8 Å². The number of carbonyl (C=O) groups is 2. The van der Waals surface area contributed by atoms with Crippen LogP contribution in [-0.4, -0.2) is 41.3 Å². The summed E-state index contributed by atoms with van der Waals surface area (Å²) < 4.78 is 19.4. The number of hydrogen-bond acceptors (Lipinski definition) is 6. The van der Waals surface area contributed by atoms with Gasteiger partial charge in [-0.15, -0.1) is 0 Å². The number of nitrogens with zero attached hydrogens (tertiary/aromatic N) is 2. The summed E-state index contributed by atoms with van der Waals surface area (Å²) in [6.45, 7) is 3.77. The maximum absolute atomic E-state index is 13.5. The fourth-order valence-electron chi connectivity index (χ4n) is 4.40. The Balaban J connectivity index is 1.38. The maximum atomic E-state index is 13.5. The zero-order chi connectivity index (χ0) is 26.2. The molecule has 190 valence electrons. The molecule has 2 amide bonds. The molecule has 0 radical (unpaired) electrons. The Hall–Kier alpha value is -3.94. The van der Waals surface area contributed by atoms with Crippen molar-refractivity contribution in [2.45, 2.75) is 13.3 Å². The Morgan fingerprint density at radius 1 is 1.16 bits per heavy atom. The number of aromatic nitrogens is 2. The summed E-state index contributed by atoms with van der Waals surface area (Å²) in [6.07, 6.45) is 2.55. The molecule has 0 atom stereocenters. The van der Waals surface area contributed by atoms with E-state index in [1.807, 2.05) is 18.8 Å². The predicted molar refractivity (Wildman–Crippen MR) is 145 cm³/mol. The SMILES string of the molecule is CC(=O)Nc1cc(C(=O)NCCc2cc3c(c(-c4ccc(F)cc4)n2)OC[PH]3(C)N)cc2cccnc12. The van der Waals surface area contributed by atoms with Crippen molar-refractivity contribution in [1.29, 1.82) is 0 Å². The van der Waals surface area contributed by atoms with Crippen LogP contribution in [0.4, 0.5) is 10.1 Å². The third-order valence-electron chi connectivity index (χ3n) is 6.22. The van der Waals surface area contributed by atoms with E-state index in [0.717, 1.165) is 21.9 Å². The molecule has 2 aromatic carbocycles. The van der Waals surface area contributed by atoms with Gasteiger partial charge in [-0.3, -0.25) is 4.79 Å². The molecule has 1 aliphatic heterocycles. The van der Waals surface area contributed by atoms with E-state index in [9.17, 15) is 14.0 Å². The number of halogens is 1. The zero-order valence-electron chi connectivity index (χ0n) is 20.5. The van der Waals surface area contributed by atoms with E-state index < -0.39 is 7.41 Å². The molecule has 4 aromatic rings. The monoisotopic (exact) mass is 519 g/mol. The first-order valence-electron chi connectivity index (χ1n) is 11.9. The third kappa shape index (κ3) is 5.14. The van der Waals surface area contributed by atoms with Crippen LogP contribution >= 0.6 is 7.41 Å². The zero-order valence-corrected chi connectivity index (χ0v) is 21.5. The molecule has 0 saturated heterocycles. The molecule has 2 aromatic heterocycles. The molecular formula is C27H27FN5O3P. The summed E-state index contributed by atoms with van der Waals surface area (Å²) in [4.78, 5) is 33.8. The summed E-state index contributed by atoms with van der Waals surface area (Å²) in [5, 5.41) is 7.39. The van der Waals surface area contributed by atoms with E-state index in [-0.39, 0.29) is 17.6 Å². The number of fused-ring (bicyclic) bond motifs is 2. The molecule has 0 spiro atoms. The van der Waals surface area contributed by atoms with E-state index in [1.54, 1.807) is 36.5 Å². The van der Waals surface area contributed by atoms with Crippen LogP contribution in [0.25, 0.3) is 22.2 Å². The molecular weight excluding hydrogens is 492 g/mol. The number of benzene rings is 2. The van der Waals surface area contributed by atoms with E-state index in [2.05, 4.69) is 15.6 Å². The van der Waals surface area contributed by atoms with Crippen LogP contribution in [0.1, 0.15) is 23.0 Å². The van der Waals surface area contributed by atoms with Crippen LogP contribution in [0.2, 0.25) is 0 Å². The summed E-state index contributed by atoms with van der Waals surface area (Å²) >= 11 is 0. The molecule has 0 aliphatic carbocycles. The standard InChI is InChI=1S/C27H27FN5O3P/c1-16(34)32-22-13-19(12-18-4-3-10-30-24(18)22)27(35)31-11-9-21-14-23-26(36-15-37(23,2)29)25(33-21)17-5-7-20(28)8-6-17/h3-8,10,12-14,37H,9,11,15,29H2,1-2H3,(H,31,35)(H,32,34). The van der Waals surface area contributed by atoms with Crippen LogP contribution in [0.3, 0.4) is 0 Å². The Morgan fingerprint density at radius 2 is 1.95 bits per heavy atom. The normalized spacial score (nSPS) is 14.5.